The van der Waals surface area contributed by atoms with Gasteiger partial charge in [0.05, 0.1) is 6.54 Å². The zero-order valence-corrected chi connectivity index (χ0v) is 14.1. The molecular weight excluding hydrogens is 323 g/mol. The standard InChI is InChI=1S/C18H21FN4O2/c1-20-12-16(24)23-10-6-13(7-11-23)17-18(22-9-8-21-17)25-15-4-2-14(19)3-5-15/h2-5,8-9,13,20H,6-7,10-12H2,1H3. The maximum absolute atomic E-state index is 13.0. The van der Waals surface area contributed by atoms with Gasteiger partial charge >= 0.3 is 0 Å². The number of hydrogen-bond acceptors (Lipinski definition) is 5. The average molecular weight is 344 g/mol. The van der Waals surface area contributed by atoms with Crippen molar-refractivity contribution in [3.8, 4) is 11.6 Å². The molecule has 7 heteroatoms. The van der Waals surface area contributed by atoms with Crippen molar-refractivity contribution in [3.63, 3.8) is 0 Å². The number of carbonyl (C=O) groups is 1. The second-order valence-electron chi connectivity index (χ2n) is 5.99. The van der Waals surface area contributed by atoms with Crippen molar-refractivity contribution in [1.29, 1.82) is 0 Å². The number of likely N-dealkylation sites (N-methyl/N-ethyl adjacent to an activating group) is 1. The van der Waals surface area contributed by atoms with Gasteiger partial charge in [-0.05, 0) is 44.2 Å². The average Bonchev–Trinajstić information content (AvgIpc) is 2.64. The summed E-state index contributed by atoms with van der Waals surface area (Å²) in [4.78, 5) is 22.6. The van der Waals surface area contributed by atoms with Gasteiger partial charge in [-0.1, -0.05) is 0 Å². The predicted molar refractivity (Wildman–Crippen MR) is 91.0 cm³/mol. The molecule has 0 spiro atoms. The van der Waals surface area contributed by atoms with E-state index in [1.165, 1.54) is 12.1 Å². The number of nitrogens with one attached hydrogen (secondary N) is 1. The zero-order chi connectivity index (χ0) is 17.6. The first kappa shape index (κ1) is 17.3. The van der Waals surface area contributed by atoms with Gasteiger partial charge in [0.15, 0.2) is 0 Å². The van der Waals surface area contributed by atoms with E-state index >= 15 is 0 Å². The number of likely N-dealkylation sites (tertiary alicyclic amines) is 1. The van der Waals surface area contributed by atoms with Crippen molar-refractivity contribution in [1.82, 2.24) is 20.2 Å². The summed E-state index contributed by atoms with van der Waals surface area (Å²) in [7, 11) is 1.77. The second kappa shape index (κ2) is 8.02. The van der Waals surface area contributed by atoms with Gasteiger partial charge in [0.1, 0.15) is 17.3 Å². The third kappa shape index (κ3) is 4.30. The highest BCUT2D eigenvalue weighted by Gasteiger charge is 2.27. The molecule has 0 saturated carbocycles. The van der Waals surface area contributed by atoms with E-state index in [9.17, 15) is 9.18 Å². The minimum absolute atomic E-state index is 0.114. The highest BCUT2D eigenvalue weighted by molar-refractivity contribution is 5.78. The molecular formula is C18H21FN4O2. The molecule has 0 aliphatic carbocycles. The molecule has 6 nitrogen and oxygen atoms in total. The summed E-state index contributed by atoms with van der Waals surface area (Å²) in [6.07, 6.45) is 4.85. The number of rotatable bonds is 5. The van der Waals surface area contributed by atoms with Gasteiger partial charge in [-0.3, -0.25) is 9.78 Å². The Kier molecular flexibility index (Phi) is 5.55. The molecule has 1 N–H and O–H groups in total. The van der Waals surface area contributed by atoms with Crippen LogP contribution >= 0.6 is 0 Å². The normalized spacial score (nSPS) is 15.2. The van der Waals surface area contributed by atoms with Gasteiger partial charge in [-0.15, -0.1) is 0 Å². The minimum atomic E-state index is -0.315. The lowest BCUT2D eigenvalue weighted by Gasteiger charge is -2.32. The van der Waals surface area contributed by atoms with Crippen molar-refractivity contribution < 1.29 is 13.9 Å². The van der Waals surface area contributed by atoms with E-state index in [-0.39, 0.29) is 17.6 Å². The van der Waals surface area contributed by atoms with E-state index in [1.807, 2.05) is 4.90 Å². The first-order valence-electron chi connectivity index (χ1n) is 8.34. The van der Waals surface area contributed by atoms with Gasteiger partial charge < -0.3 is 15.0 Å². The first-order valence-corrected chi connectivity index (χ1v) is 8.34. The predicted octanol–water partition coefficient (Wildman–Crippen LogP) is 2.33. The molecule has 1 aromatic heterocycles. The number of ether oxygens (including phenoxy) is 1. The topological polar surface area (TPSA) is 67.4 Å². The summed E-state index contributed by atoms with van der Waals surface area (Å²) in [5, 5.41) is 2.89. The number of aromatic nitrogens is 2. The summed E-state index contributed by atoms with van der Waals surface area (Å²) < 4.78 is 18.8. The van der Waals surface area contributed by atoms with Crippen LogP contribution in [0.4, 0.5) is 4.39 Å². The summed E-state index contributed by atoms with van der Waals surface area (Å²) in [5.41, 5.74) is 0.785. The van der Waals surface area contributed by atoms with Crippen LogP contribution < -0.4 is 10.1 Å². The van der Waals surface area contributed by atoms with Crippen LogP contribution in [0.3, 0.4) is 0 Å². The van der Waals surface area contributed by atoms with Crippen LogP contribution in [0.5, 0.6) is 11.6 Å². The Morgan fingerprint density at radius 3 is 2.60 bits per heavy atom. The van der Waals surface area contributed by atoms with Crippen LogP contribution in [-0.2, 0) is 4.79 Å². The maximum Gasteiger partial charge on any atom is 0.241 e. The smallest absolute Gasteiger partial charge is 0.241 e. The van der Waals surface area contributed by atoms with E-state index in [2.05, 4.69) is 15.3 Å². The van der Waals surface area contributed by atoms with Gasteiger partial charge in [-0.2, -0.15) is 0 Å². The van der Waals surface area contributed by atoms with Crippen LogP contribution in [0, 0.1) is 5.82 Å². The largest absolute Gasteiger partial charge is 0.437 e. The van der Waals surface area contributed by atoms with Crippen molar-refractivity contribution in [2.24, 2.45) is 0 Å². The third-order valence-corrected chi connectivity index (χ3v) is 4.28. The molecule has 1 saturated heterocycles. The summed E-state index contributed by atoms with van der Waals surface area (Å²) in [6.45, 7) is 1.74. The Morgan fingerprint density at radius 1 is 1.24 bits per heavy atom. The van der Waals surface area contributed by atoms with Crippen molar-refractivity contribution in [2.45, 2.75) is 18.8 Å². The Balaban J connectivity index is 1.69. The fourth-order valence-corrected chi connectivity index (χ4v) is 2.97. The highest BCUT2D eigenvalue weighted by atomic mass is 19.1. The van der Waals surface area contributed by atoms with Crippen molar-refractivity contribution >= 4 is 5.91 Å². The fourth-order valence-electron chi connectivity index (χ4n) is 2.97. The van der Waals surface area contributed by atoms with E-state index in [0.717, 1.165) is 18.5 Å². The summed E-state index contributed by atoms with van der Waals surface area (Å²) >= 11 is 0. The first-order chi connectivity index (χ1) is 12.2. The van der Waals surface area contributed by atoms with Gasteiger partial charge in [0, 0.05) is 31.4 Å². The maximum atomic E-state index is 13.0. The highest BCUT2D eigenvalue weighted by Crippen LogP contribution is 2.33. The molecule has 132 valence electrons. The molecule has 2 aromatic rings. The van der Waals surface area contributed by atoms with Crippen LogP contribution in [0.2, 0.25) is 0 Å². The van der Waals surface area contributed by atoms with Gasteiger partial charge in [-0.25, -0.2) is 9.37 Å². The number of carbonyl (C=O) groups excluding carboxylic acids is 1. The minimum Gasteiger partial charge on any atom is -0.437 e. The number of hydrogen-bond donors (Lipinski definition) is 1. The van der Waals surface area contributed by atoms with E-state index in [1.54, 1.807) is 31.6 Å². The summed E-state index contributed by atoms with van der Waals surface area (Å²) in [5.74, 6) is 0.940. The number of benzene rings is 1. The molecule has 0 radical (unpaired) electrons. The third-order valence-electron chi connectivity index (χ3n) is 4.28. The molecule has 1 aliphatic rings. The number of piperidine rings is 1. The molecule has 0 bridgehead atoms. The summed E-state index contributed by atoms with van der Waals surface area (Å²) in [6, 6.07) is 5.81. The van der Waals surface area contributed by atoms with Gasteiger partial charge in [0.25, 0.3) is 0 Å². The number of nitrogens with zero attached hydrogens (tertiary/aromatic N) is 3. The van der Waals surface area contributed by atoms with E-state index < -0.39 is 0 Å². The Hall–Kier alpha value is -2.54. The van der Waals surface area contributed by atoms with Crippen LogP contribution in [0.15, 0.2) is 36.7 Å². The lowest BCUT2D eigenvalue weighted by molar-refractivity contribution is -0.131. The molecule has 2 heterocycles. The van der Waals surface area contributed by atoms with E-state index in [0.29, 0.717) is 31.3 Å². The van der Waals surface area contributed by atoms with Gasteiger partial charge in [0.2, 0.25) is 11.8 Å². The lowest BCUT2D eigenvalue weighted by Crippen LogP contribution is -2.42. The van der Waals surface area contributed by atoms with Crippen LogP contribution in [0.25, 0.3) is 0 Å². The molecule has 3 rings (SSSR count). The molecule has 25 heavy (non-hydrogen) atoms. The SMILES string of the molecule is CNCC(=O)N1CCC(c2nccnc2Oc2ccc(F)cc2)CC1. The van der Waals surface area contributed by atoms with Crippen molar-refractivity contribution in [3.05, 3.63) is 48.2 Å². The Morgan fingerprint density at radius 2 is 1.92 bits per heavy atom. The van der Waals surface area contributed by atoms with Crippen LogP contribution in [0.1, 0.15) is 24.5 Å². The van der Waals surface area contributed by atoms with Crippen molar-refractivity contribution in [2.75, 3.05) is 26.7 Å². The molecule has 1 aliphatic heterocycles. The Labute approximate surface area is 146 Å². The molecule has 1 aromatic carbocycles. The molecule has 1 amide bonds. The zero-order valence-electron chi connectivity index (χ0n) is 14.1. The van der Waals surface area contributed by atoms with Crippen LogP contribution in [-0.4, -0.2) is 47.5 Å². The number of amides is 1. The quantitative estimate of drug-likeness (QED) is 0.902. The van der Waals surface area contributed by atoms with E-state index in [4.69, 9.17) is 4.74 Å². The fraction of sp³-hybridized carbons (Fsp3) is 0.389. The lowest BCUT2D eigenvalue weighted by atomic mass is 9.93. The number of halogens is 1. The monoisotopic (exact) mass is 344 g/mol. The molecule has 0 unspecified atom stereocenters. The Bertz CT molecular complexity index is 715. The molecule has 0 atom stereocenters. The second-order valence-corrected chi connectivity index (χ2v) is 5.99. The molecule has 1 fully saturated rings.